The molecule has 2 fully saturated rings. The van der Waals surface area contributed by atoms with Crippen molar-refractivity contribution in [2.45, 2.75) is 24.3 Å². The summed E-state index contributed by atoms with van der Waals surface area (Å²) in [5.74, 6) is -0.0996. The number of likely N-dealkylation sites (tertiary alicyclic amines) is 1. The van der Waals surface area contributed by atoms with Gasteiger partial charge in [0.05, 0.1) is 9.77 Å². The van der Waals surface area contributed by atoms with Gasteiger partial charge in [-0.25, -0.2) is 8.42 Å². The van der Waals surface area contributed by atoms with E-state index in [1.165, 1.54) is 29.7 Å². The molecule has 1 N–H and O–H groups in total. The molecule has 2 aliphatic heterocycles. The zero-order valence-corrected chi connectivity index (χ0v) is 14.6. The first-order valence-electron chi connectivity index (χ1n) is 7.42. The summed E-state index contributed by atoms with van der Waals surface area (Å²) >= 11 is 1.11. The Morgan fingerprint density at radius 2 is 2.09 bits per heavy atom. The minimum absolute atomic E-state index is 0.00538. The van der Waals surface area contributed by atoms with Gasteiger partial charge in [-0.15, -0.1) is 11.3 Å². The summed E-state index contributed by atoms with van der Waals surface area (Å²) in [6, 6.07) is 1.38. The molecule has 9 heteroatoms. The van der Waals surface area contributed by atoms with E-state index in [1.54, 1.807) is 4.90 Å². The molecule has 3 heterocycles. The molecule has 2 saturated heterocycles. The number of carbonyl (C=O) groups is 2. The molecule has 0 aromatic carbocycles. The third-order valence-electron chi connectivity index (χ3n) is 4.58. The van der Waals surface area contributed by atoms with Crippen LogP contribution in [0.4, 0.5) is 0 Å². The van der Waals surface area contributed by atoms with Crippen molar-refractivity contribution in [3.63, 3.8) is 0 Å². The number of fused-ring (bicyclic) bond motifs is 1. The highest BCUT2D eigenvalue weighted by molar-refractivity contribution is 7.89. The zero-order valence-electron chi connectivity index (χ0n) is 13.0. The molecule has 3 rings (SSSR count). The van der Waals surface area contributed by atoms with Gasteiger partial charge in [0.1, 0.15) is 0 Å². The predicted molar refractivity (Wildman–Crippen MR) is 85.8 cm³/mol. The van der Waals surface area contributed by atoms with E-state index in [-0.39, 0.29) is 28.7 Å². The summed E-state index contributed by atoms with van der Waals surface area (Å²) in [6.45, 7) is 2.99. The highest BCUT2D eigenvalue weighted by atomic mass is 32.2. The molecular weight excluding hydrogens is 338 g/mol. The number of thiophene rings is 1. The van der Waals surface area contributed by atoms with E-state index in [0.717, 1.165) is 17.8 Å². The summed E-state index contributed by atoms with van der Waals surface area (Å²) in [6.07, 6.45) is 0.837. The van der Waals surface area contributed by atoms with E-state index in [0.29, 0.717) is 24.5 Å². The van der Waals surface area contributed by atoms with Crippen molar-refractivity contribution in [2.24, 2.45) is 5.92 Å². The SMILES string of the molecule is CNC(=O)c1cc(S(=O)(=O)N2C[C@@H]3CCN(C(C)=O)[C@@H]3C2)cs1. The van der Waals surface area contributed by atoms with Gasteiger partial charge in [0, 0.05) is 45.0 Å². The first kappa shape index (κ1) is 16.4. The van der Waals surface area contributed by atoms with Crippen LogP contribution in [-0.4, -0.2) is 62.2 Å². The summed E-state index contributed by atoms with van der Waals surface area (Å²) < 4.78 is 27.0. The molecule has 0 unspecified atom stereocenters. The number of nitrogens with zero attached hydrogens (tertiary/aromatic N) is 2. The van der Waals surface area contributed by atoms with Gasteiger partial charge in [0.15, 0.2) is 0 Å². The van der Waals surface area contributed by atoms with Crippen LogP contribution in [-0.2, 0) is 14.8 Å². The van der Waals surface area contributed by atoms with Gasteiger partial charge in [-0.1, -0.05) is 0 Å². The molecule has 0 spiro atoms. The number of carbonyl (C=O) groups excluding carboxylic acids is 2. The molecule has 0 radical (unpaired) electrons. The lowest BCUT2D eigenvalue weighted by Crippen LogP contribution is -2.39. The summed E-state index contributed by atoms with van der Waals surface area (Å²) in [5.41, 5.74) is 0. The van der Waals surface area contributed by atoms with Gasteiger partial charge in [0.2, 0.25) is 15.9 Å². The Morgan fingerprint density at radius 1 is 1.35 bits per heavy atom. The van der Waals surface area contributed by atoms with Gasteiger partial charge in [0.25, 0.3) is 5.91 Å². The van der Waals surface area contributed by atoms with Crippen LogP contribution in [0.2, 0.25) is 0 Å². The van der Waals surface area contributed by atoms with E-state index < -0.39 is 10.0 Å². The number of rotatable bonds is 3. The third-order valence-corrected chi connectivity index (χ3v) is 7.47. The second kappa shape index (κ2) is 5.88. The molecule has 1 aromatic heterocycles. The fraction of sp³-hybridized carbons (Fsp3) is 0.571. The maximum absolute atomic E-state index is 12.8. The first-order chi connectivity index (χ1) is 10.8. The van der Waals surface area contributed by atoms with E-state index in [2.05, 4.69) is 5.32 Å². The maximum Gasteiger partial charge on any atom is 0.261 e. The number of nitrogens with one attached hydrogen (secondary N) is 1. The topological polar surface area (TPSA) is 86.8 Å². The minimum atomic E-state index is -3.62. The van der Waals surface area contributed by atoms with Gasteiger partial charge >= 0.3 is 0 Å². The van der Waals surface area contributed by atoms with Crippen molar-refractivity contribution in [3.05, 3.63) is 16.3 Å². The lowest BCUT2D eigenvalue weighted by atomic mass is 10.1. The first-order valence-corrected chi connectivity index (χ1v) is 9.74. The highest BCUT2D eigenvalue weighted by Crippen LogP contribution is 2.35. The monoisotopic (exact) mass is 357 g/mol. The Bertz CT molecular complexity index is 743. The maximum atomic E-state index is 12.8. The standard InChI is InChI=1S/C14H19N3O4S2/c1-9(18)17-4-3-10-6-16(7-12(10)17)23(20,21)11-5-13(22-8-11)14(19)15-2/h5,8,10,12H,3-4,6-7H2,1-2H3,(H,15,19)/t10-,12+/m0/s1. The van der Waals surface area contributed by atoms with Crippen molar-refractivity contribution in [2.75, 3.05) is 26.7 Å². The summed E-state index contributed by atoms with van der Waals surface area (Å²) in [4.78, 5) is 25.5. The fourth-order valence-electron chi connectivity index (χ4n) is 3.36. The third kappa shape index (κ3) is 2.77. The number of sulfonamides is 1. The van der Waals surface area contributed by atoms with Crippen LogP contribution in [0.5, 0.6) is 0 Å². The van der Waals surface area contributed by atoms with Crippen LogP contribution in [0.25, 0.3) is 0 Å². The largest absolute Gasteiger partial charge is 0.354 e. The second-order valence-electron chi connectivity index (χ2n) is 5.88. The average molecular weight is 357 g/mol. The van der Waals surface area contributed by atoms with E-state index >= 15 is 0 Å². The number of amides is 2. The van der Waals surface area contributed by atoms with Crippen LogP contribution >= 0.6 is 11.3 Å². The smallest absolute Gasteiger partial charge is 0.261 e. The Labute approximate surface area is 139 Å². The molecule has 0 aliphatic carbocycles. The lowest BCUT2D eigenvalue weighted by Gasteiger charge is -2.23. The van der Waals surface area contributed by atoms with Crippen LogP contribution in [0.15, 0.2) is 16.3 Å². The Kier molecular flexibility index (Phi) is 4.19. The fourth-order valence-corrected chi connectivity index (χ4v) is 6.08. The van der Waals surface area contributed by atoms with Gasteiger partial charge in [-0.05, 0) is 18.4 Å². The molecule has 23 heavy (non-hydrogen) atoms. The van der Waals surface area contributed by atoms with Crippen LogP contribution < -0.4 is 5.32 Å². The molecule has 2 amide bonds. The van der Waals surface area contributed by atoms with Crippen molar-refractivity contribution >= 4 is 33.2 Å². The van der Waals surface area contributed by atoms with Crippen LogP contribution in [0, 0.1) is 5.92 Å². The Hall–Kier alpha value is -1.45. The van der Waals surface area contributed by atoms with Crippen molar-refractivity contribution in [1.29, 1.82) is 0 Å². The summed E-state index contributed by atoms with van der Waals surface area (Å²) in [5, 5.41) is 3.98. The van der Waals surface area contributed by atoms with Crippen molar-refractivity contribution < 1.29 is 18.0 Å². The zero-order chi connectivity index (χ0) is 16.8. The Morgan fingerprint density at radius 3 is 2.74 bits per heavy atom. The second-order valence-corrected chi connectivity index (χ2v) is 8.73. The molecule has 7 nitrogen and oxygen atoms in total. The van der Waals surface area contributed by atoms with Crippen LogP contribution in [0.1, 0.15) is 23.0 Å². The van der Waals surface area contributed by atoms with E-state index in [4.69, 9.17) is 0 Å². The normalized spacial score (nSPS) is 24.7. The van der Waals surface area contributed by atoms with Gasteiger partial charge < -0.3 is 10.2 Å². The molecule has 0 bridgehead atoms. The van der Waals surface area contributed by atoms with E-state index in [1.807, 2.05) is 0 Å². The molecule has 2 atom stereocenters. The van der Waals surface area contributed by atoms with E-state index in [9.17, 15) is 18.0 Å². The Balaban J connectivity index is 1.80. The lowest BCUT2D eigenvalue weighted by molar-refractivity contribution is -0.129. The minimum Gasteiger partial charge on any atom is -0.354 e. The van der Waals surface area contributed by atoms with Crippen molar-refractivity contribution in [3.8, 4) is 0 Å². The molecular formula is C14H19N3O4S2. The predicted octanol–water partition coefficient (Wildman–Crippen LogP) is 0.349. The highest BCUT2D eigenvalue weighted by Gasteiger charge is 2.46. The van der Waals surface area contributed by atoms with Crippen molar-refractivity contribution in [1.82, 2.24) is 14.5 Å². The van der Waals surface area contributed by atoms with Crippen LogP contribution in [0.3, 0.4) is 0 Å². The quantitative estimate of drug-likeness (QED) is 0.846. The molecule has 2 aliphatic rings. The molecule has 126 valence electrons. The molecule has 1 aromatic rings. The number of hydrogen-bond donors (Lipinski definition) is 1. The van der Waals surface area contributed by atoms with Gasteiger partial charge in [-0.2, -0.15) is 4.31 Å². The number of hydrogen-bond acceptors (Lipinski definition) is 5. The average Bonchev–Trinajstić information content (AvgIpc) is 3.20. The summed E-state index contributed by atoms with van der Waals surface area (Å²) in [7, 11) is -2.12. The van der Waals surface area contributed by atoms with Gasteiger partial charge in [-0.3, -0.25) is 9.59 Å². The molecule has 0 saturated carbocycles.